The number of nitrogens with zero attached hydrogens (tertiary/aromatic N) is 2. The Morgan fingerprint density at radius 1 is 0.618 bits per heavy atom. The van der Waals surface area contributed by atoms with E-state index in [1.165, 1.54) is 50.8 Å². The summed E-state index contributed by atoms with van der Waals surface area (Å²) in [6.07, 6.45) is 41.1. The first-order valence-corrected chi connectivity index (χ1v) is 24.1. The quantitative estimate of drug-likeness (QED) is 0.0345. The van der Waals surface area contributed by atoms with Crippen LogP contribution in [0.4, 0.5) is 0 Å². The third kappa shape index (κ3) is 17.5. The number of allylic oxidation sites excluding steroid dienone is 20. The molecule has 68 heavy (non-hydrogen) atoms. The van der Waals surface area contributed by atoms with Crippen molar-refractivity contribution in [2.75, 3.05) is 13.1 Å². The molecule has 0 unspecified atom stereocenters. The molecule has 0 aromatic carbocycles. The lowest BCUT2D eigenvalue weighted by atomic mass is 9.67. The Hall–Kier alpha value is -6.16. The van der Waals surface area contributed by atoms with Crippen molar-refractivity contribution in [1.29, 1.82) is 0 Å². The predicted molar refractivity (Wildman–Crippen MR) is 271 cm³/mol. The molecule has 4 amide bonds. The number of carbonyl (C=O) groups excluding carboxylic acids is 6. The fourth-order valence-electron chi connectivity index (χ4n) is 9.09. The fraction of sp³-hybridized carbons (Fsp3) is 0.448. The van der Waals surface area contributed by atoms with E-state index < -0.39 is 0 Å². The second kappa shape index (κ2) is 25.8. The van der Waals surface area contributed by atoms with Crippen LogP contribution in [0.5, 0.6) is 0 Å². The van der Waals surface area contributed by atoms with Crippen molar-refractivity contribution in [1.82, 2.24) is 9.80 Å². The summed E-state index contributed by atoms with van der Waals surface area (Å²) in [5.74, 6) is -1.49. The smallest absolute Gasteiger partial charge is 0.306 e. The average Bonchev–Trinajstić information content (AvgIpc) is 3.74. The summed E-state index contributed by atoms with van der Waals surface area (Å²) in [4.78, 5) is 74.5. The molecule has 0 radical (unpaired) electrons. The number of hydrogen-bond donors (Lipinski definition) is 0. The summed E-state index contributed by atoms with van der Waals surface area (Å²) in [5, 5.41) is 0. The first-order valence-electron chi connectivity index (χ1n) is 24.1. The van der Waals surface area contributed by atoms with E-state index in [2.05, 4.69) is 148 Å². The lowest BCUT2D eigenvalue weighted by Gasteiger charge is -2.40. The molecule has 0 fully saturated rings. The standard InChI is InChI=1S/C58H74N2O8/c1-41(21-17-23-43(3)27-29-49-45(5)37-47(39-57(49,7)8)67-55(65)25-13-15-35-59-51(61)31-32-52(59)62)19-11-12-20-42(2)22-18-24-44(4)28-30-50-46(6)38-48(40-58(50,9)10)68-56(66)26-14-16-36-60-53(63)33-34-54(60)64/h11-12,17-24,27-34,37,47-49H,13-16,25-26,35-36,38-40H2,1-10H3/b12-11+,21-17+,22-18+,29-27+,30-28+,41-19+,42-20+,43-23+,44-24+/t47-,48+,49-/m0/s1. The van der Waals surface area contributed by atoms with Crippen LogP contribution < -0.4 is 0 Å². The highest BCUT2D eigenvalue weighted by atomic mass is 16.5. The van der Waals surface area contributed by atoms with E-state index in [-0.39, 0.29) is 77.4 Å². The first kappa shape index (κ1) is 54.4. The van der Waals surface area contributed by atoms with Crippen molar-refractivity contribution >= 4 is 35.6 Å². The van der Waals surface area contributed by atoms with Gasteiger partial charge < -0.3 is 9.47 Å². The molecular weight excluding hydrogens is 853 g/mol. The van der Waals surface area contributed by atoms with Crippen LogP contribution in [-0.4, -0.2) is 70.7 Å². The molecule has 4 rings (SSSR count). The summed E-state index contributed by atoms with van der Waals surface area (Å²) in [6, 6.07) is 0. The highest BCUT2D eigenvalue weighted by Crippen LogP contribution is 2.44. The molecule has 10 heteroatoms. The zero-order valence-corrected chi connectivity index (χ0v) is 42.1. The molecule has 0 N–H and O–H groups in total. The van der Waals surface area contributed by atoms with Crippen molar-refractivity contribution in [2.24, 2.45) is 16.7 Å². The second-order valence-corrected chi connectivity index (χ2v) is 19.9. The van der Waals surface area contributed by atoms with Gasteiger partial charge in [0.05, 0.1) is 0 Å². The Morgan fingerprint density at radius 3 is 1.56 bits per heavy atom. The summed E-state index contributed by atoms with van der Waals surface area (Å²) >= 11 is 0. The van der Waals surface area contributed by atoms with Gasteiger partial charge in [0.1, 0.15) is 12.2 Å². The molecule has 364 valence electrons. The normalized spacial score (nSPS) is 22.8. The van der Waals surface area contributed by atoms with Crippen LogP contribution in [0, 0.1) is 16.7 Å². The number of esters is 2. The van der Waals surface area contributed by atoms with E-state index in [9.17, 15) is 28.8 Å². The molecule has 3 atom stereocenters. The SMILES string of the molecule is CC1=C[C@H](OC(=O)CCCCN2C(=O)C=CC2=O)CC(C)(C)[C@H]1/C=C/C(C)=C/C=C/C(C)=C/C=C/C=C(C)/C=C/C=C(C)/C=C/C1=C(C)C[C@@H](OC(=O)CCCCN2C(=O)C=CC2=O)CC1(C)C. The van der Waals surface area contributed by atoms with Crippen molar-refractivity contribution in [3.8, 4) is 0 Å². The van der Waals surface area contributed by atoms with E-state index in [0.29, 0.717) is 45.2 Å². The molecule has 2 aliphatic carbocycles. The van der Waals surface area contributed by atoms with Gasteiger partial charge in [-0.25, -0.2) is 0 Å². The Labute approximate surface area is 405 Å². The molecule has 0 saturated heterocycles. The van der Waals surface area contributed by atoms with Crippen molar-refractivity contribution < 1.29 is 38.2 Å². The minimum absolute atomic E-state index is 0.106. The summed E-state index contributed by atoms with van der Waals surface area (Å²) < 4.78 is 11.7. The minimum Gasteiger partial charge on any atom is -0.462 e. The molecule has 2 aliphatic heterocycles. The van der Waals surface area contributed by atoms with Crippen molar-refractivity contribution in [2.45, 2.75) is 139 Å². The average molecular weight is 927 g/mol. The van der Waals surface area contributed by atoms with Crippen LogP contribution in [0.3, 0.4) is 0 Å². The molecule has 0 aromatic heterocycles. The van der Waals surface area contributed by atoms with Gasteiger partial charge in [-0.15, -0.1) is 0 Å². The highest BCUT2D eigenvalue weighted by molar-refractivity contribution is 6.13. The van der Waals surface area contributed by atoms with Crippen LogP contribution in [0.2, 0.25) is 0 Å². The van der Waals surface area contributed by atoms with Crippen LogP contribution in [0.25, 0.3) is 0 Å². The number of amides is 4. The molecule has 0 bridgehead atoms. The van der Waals surface area contributed by atoms with Gasteiger partial charge in [-0.05, 0) is 103 Å². The van der Waals surface area contributed by atoms with E-state index in [1.807, 2.05) is 12.2 Å². The van der Waals surface area contributed by atoms with Gasteiger partial charge in [0.25, 0.3) is 23.6 Å². The second-order valence-electron chi connectivity index (χ2n) is 19.9. The number of rotatable bonds is 22. The van der Waals surface area contributed by atoms with Gasteiger partial charge in [-0.1, -0.05) is 146 Å². The maximum atomic E-state index is 12.6. The fourth-order valence-corrected chi connectivity index (χ4v) is 9.09. The van der Waals surface area contributed by atoms with E-state index in [4.69, 9.17) is 9.47 Å². The third-order valence-corrected chi connectivity index (χ3v) is 12.7. The van der Waals surface area contributed by atoms with Gasteiger partial charge in [0, 0.05) is 62.6 Å². The predicted octanol–water partition coefficient (Wildman–Crippen LogP) is 11.7. The molecular formula is C58H74N2O8. The topological polar surface area (TPSA) is 127 Å². The highest BCUT2D eigenvalue weighted by Gasteiger charge is 2.37. The molecule has 0 spiro atoms. The number of hydrogen-bond acceptors (Lipinski definition) is 8. The van der Waals surface area contributed by atoms with Gasteiger partial charge in [-0.2, -0.15) is 0 Å². The van der Waals surface area contributed by atoms with Gasteiger partial charge in [-0.3, -0.25) is 38.6 Å². The maximum absolute atomic E-state index is 12.6. The van der Waals surface area contributed by atoms with E-state index in [0.717, 1.165) is 35.1 Å². The largest absolute Gasteiger partial charge is 0.462 e. The van der Waals surface area contributed by atoms with Crippen LogP contribution in [0.1, 0.15) is 127 Å². The van der Waals surface area contributed by atoms with Crippen molar-refractivity contribution in [3.05, 3.63) is 154 Å². The van der Waals surface area contributed by atoms with Crippen LogP contribution in [0.15, 0.2) is 154 Å². The van der Waals surface area contributed by atoms with Gasteiger partial charge in [0.15, 0.2) is 0 Å². The third-order valence-electron chi connectivity index (χ3n) is 12.7. The number of unbranched alkanes of at least 4 members (excludes halogenated alkanes) is 2. The number of imide groups is 2. The van der Waals surface area contributed by atoms with Gasteiger partial charge >= 0.3 is 11.9 Å². The lowest BCUT2D eigenvalue weighted by Crippen LogP contribution is -2.35. The Bertz CT molecular complexity index is 2290. The summed E-state index contributed by atoms with van der Waals surface area (Å²) in [7, 11) is 0. The minimum atomic E-state index is -0.301. The molecule has 10 nitrogen and oxygen atoms in total. The maximum Gasteiger partial charge on any atom is 0.306 e. The molecule has 2 heterocycles. The molecule has 0 aromatic rings. The summed E-state index contributed by atoms with van der Waals surface area (Å²) in [6.45, 7) is 21.9. The van der Waals surface area contributed by atoms with Crippen LogP contribution >= 0.6 is 0 Å². The van der Waals surface area contributed by atoms with E-state index >= 15 is 0 Å². The number of carbonyl (C=O) groups is 6. The number of ether oxygens (including phenoxy) is 2. The zero-order valence-electron chi connectivity index (χ0n) is 42.1. The van der Waals surface area contributed by atoms with Gasteiger partial charge in [0.2, 0.25) is 0 Å². The zero-order chi connectivity index (χ0) is 50.0. The Kier molecular flexibility index (Phi) is 20.7. The molecule has 4 aliphatic rings. The molecule has 0 saturated carbocycles. The Balaban J connectivity index is 1.17. The lowest BCUT2D eigenvalue weighted by molar-refractivity contribution is -0.151. The summed E-state index contributed by atoms with van der Waals surface area (Å²) in [5.41, 5.74) is 7.91. The Morgan fingerprint density at radius 2 is 1.07 bits per heavy atom. The van der Waals surface area contributed by atoms with Crippen LogP contribution in [-0.2, 0) is 38.2 Å². The van der Waals surface area contributed by atoms with Crippen molar-refractivity contribution in [3.63, 3.8) is 0 Å². The van der Waals surface area contributed by atoms with E-state index in [1.54, 1.807) is 0 Å². The monoisotopic (exact) mass is 927 g/mol. The first-order chi connectivity index (χ1) is 32.1.